The van der Waals surface area contributed by atoms with Gasteiger partial charge in [-0.05, 0) is 56.0 Å². The molecule has 2 unspecified atom stereocenters. The van der Waals surface area contributed by atoms with Crippen LogP contribution in [-0.2, 0) is 0 Å². The molecule has 0 spiro atoms. The van der Waals surface area contributed by atoms with Crippen molar-refractivity contribution in [3.05, 3.63) is 28.3 Å². The molecule has 0 aliphatic heterocycles. The van der Waals surface area contributed by atoms with Crippen molar-refractivity contribution in [1.29, 1.82) is 0 Å². The van der Waals surface area contributed by atoms with Gasteiger partial charge in [-0.1, -0.05) is 6.42 Å². The lowest BCUT2D eigenvalue weighted by Crippen LogP contribution is -2.25. The Bertz CT molecular complexity index is 770. The molecule has 4 N–H and O–H groups in total. The van der Waals surface area contributed by atoms with Gasteiger partial charge in [0.15, 0.2) is 4.77 Å². The Morgan fingerprint density at radius 1 is 1.39 bits per heavy atom. The van der Waals surface area contributed by atoms with Gasteiger partial charge in [-0.25, -0.2) is 4.39 Å². The minimum Gasteiger partial charge on any atom is -0.393 e. The van der Waals surface area contributed by atoms with Crippen LogP contribution in [0.5, 0.6) is 0 Å². The topological polar surface area (TPSA) is 80.9 Å². The second kappa shape index (κ2) is 6.80. The van der Waals surface area contributed by atoms with Crippen molar-refractivity contribution in [3.63, 3.8) is 0 Å². The molecule has 0 radical (unpaired) electrons. The van der Waals surface area contributed by atoms with Gasteiger partial charge in [-0.15, -0.1) is 0 Å². The Balaban J connectivity index is 1.61. The molecule has 1 aromatic carbocycles. The Labute approximate surface area is 138 Å². The Morgan fingerprint density at radius 3 is 2.96 bits per heavy atom. The number of fused-ring (bicyclic) bond motifs is 1. The Morgan fingerprint density at radius 2 is 2.22 bits per heavy atom. The quantitative estimate of drug-likeness (QED) is 0.500. The summed E-state index contributed by atoms with van der Waals surface area (Å²) >= 11 is 4.99. The molecule has 1 heterocycles. The zero-order chi connectivity index (χ0) is 16.4. The van der Waals surface area contributed by atoms with Crippen LogP contribution in [0.3, 0.4) is 0 Å². The van der Waals surface area contributed by atoms with Crippen LogP contribution < -0.4 is 5.32 Å². The van der Waals surface area contributed by atoms with E-state index in [0.717, 1.165) is 32.1 Å². The summed E-state index contributed by atoms with van der Waals surface area (Å²) in [7, 11) is 0. The number of amides is 1. The zero-order valence-corrected chi connectivity index (χ0v) is 13.5. The number of nitrogens with one attached hydrogen (secondary N) is 3. The molecule has 1 aliphatic rings. The first kappa shape index (κ1) is 16.1. The summed E-state index contributed by atoms with van der Waals surface area (Å²) < 4.78 is 14.0. The fourth-order valence-electron chi connectivity index (χ4n) is 3.30. The number of carbonyl (C=O) groups excluding carboxylic acids is 1. The number of hydrogen-bond acceptors (Lipinski definition) is 3. The summed E-state index contributed by atoms with van der Waals surface area (Å²) in [6, 6.07) is 2.51. The third kappa shape index (κ3) is 3.61. The van der Waals surface area contributed by atoms with Crippen LogP contribution in [0.25, 0.3) is 11.0 Å². The molecule has 2 atom stereocenters. The number of aromatic amines is 2. The van der Waals surface area contributed by atoms with Gasteiger partial charge in [0.1, 0.15) is 5.82 Å². The van der Waals surface area contributed by atoms with Crippen molar-refractivity contribution in [2.24, 2.45) is 5.92 Å². The summed E-state index contributed by atoms with van der Waals surface area (Å²) in [5.74, 6) is -0.470. The molecular weight excluding hydrogens is 317 g/mol. The van der Waals surface area contributed by atoms with Crippen LogP contribution in [0.15, 0.2) is 12.1 Å². The van der Waals surface area contributed by atoms with Crippen LogP contribution in [0.2, 0.25) is 0 Å². The highest BCUT2D eigenvalue weighted by atomic mass is 32.1. The Kier molecular flexibility index (Phi) is 4.77. The van der Waals surface area contributed by atoms with Crippen molar-refractivity contribution >= 4 is 29.2 Å². The van der Waals surface area contributed by atoms with E-state index in [4.69, 9.17) is 12.2 Å². The summed E-state index contributed by atoms with van der Waals surface area (Å²) in [5, 5.41) is 12.6. The van der Waals surface area contributed by atoms with Gasteiger partial charge in [-0.3, -0.25) is 4.79 Å². The monoisotopic (exact) mass is 337 g/mol. The van der Waals surface area contributed by atoms with Crippen LogP contribution in [0, 0.1) is 16.5 Å². The molecule has 1 aromatic heterocycles. The molecule has 1 fully saturated rings. The average Bonchev–Trinajstić information content (AvgIpc) is 3.07. The van der Waals surface area contributed by atoms with E-state index in [2.05, 4.69) is 15.3 Å². The first-order valence-corrected chi connectivity index (χ1v) is 8.33. The third-order valence-corrected chi connectivity index (χ3v) is 4.69. The van der Waals surface area contributed by atoms with Crippen molar-refractivity contribution < 1.29 is 14.3 Å². The summed E-state index contributed by atoms with van der Waals surface area (Å²) in [6.45, 7) is 0.505. The molecular formula is C16H20FN3O2S. The number of aliphatic hydroxyl groups is 1. The van der Waals surface area contributed by atoms with Crippen molar-refractivity contribution in [1.82, 2.24) is 15.3 Å². The second-order valence-corrected chi connectivity index (χ2v) is 6.52. The van der Waals surface area contributed by atoms with E-state index < -0.39 is 5.82 Å². The molecule has 0 saturated heterocycles. The highest BCUT2D eigenvalue weighted by Crippen LogP contribution is 2.29. The van der Waals surface area contributed by atoms with E-state index in [0.29, 0.717) is 28.3 Å². The van der Waals surface area contributed by atoms with Gasteiger partial charge in [0.05, 0.1) is 22.7 Å². The largest absolute Gasteiger partial charge is 0.393 e. The van der Waals surface area contributed by atoms with Gasteiger partial charge in [0, 0.05) is 6.54 Å². The van der Waals surface area contributed by atoms with Crippen molar-refractivity contribution in [2.75, 3.05) is 6.54 Å². The van der Waals surface area contributed by atoms with Gasteiger partial charge in [0.2, 0.25) is 0 Å². The fraction of sp³-hybridized carbons (Fsp3) is 0.500. The molecule has 7 heteroatoms. The van der Waals surface area contributed by atoms with Crippen molar-refractivity contribution in [3.8, 4) is 0 Å². The number of carbonyl (C=O) groups is 1. The van der Waals surface area contributed by atoms with Gasteiger partial charge in [-0.2, -0.15) is 0 Å². The predicted molar refractivity (Wildman–Crippen MR) is 88.4 cm³/mol. The number of aliphatic hydroxyl groups excluding tert-OH is 1. The maximum Gasteiger partial charge on any atom is 0.253 e. The van der Waals surface area contributed by atoms with E-state index >= 15 is 0 Å². The smallest absolute Gasteiger partial charge is 0.253 e. The standard InChI is InChI=1S/C16H20FN3O2S/c17-10-7-11(14-12(8-10)19-16(23)20-14)15(22)18-6-2-4-9-3-1-5-13(9)21/h7-9,13,21H,1-6H2,(H,18,22)(H2,19,20,23). The lowest BCUT2D eigenvalue weighted by Gasteiger charge is -2.14. The van der Waals surface area contributed by atoms with E-state index in [-0.39, 0.29) is 17.6 Å². The molecule has 23 heavy (non-hydrogen) atoms. The highest BCUT2D eigenvalue weighted by molar-refractivity contribution is 7.71. The molecule has 1 saturated carbocycles. The number of aromatic nitrogens is 2. The minimum atomic E-state index is -0.484. The minimum absolute atomic E-state index is 0.200. The molecule has 2 aromatic rings. The summed E-state index contributed by atoms with van der Waals surface area (Å²) in [6.07, 6.45) is 4.51. The molecule has 0 bridgehead atoms. The normalized spacial score (nSPS) is 21.0. The highest BCUT2D eigenvalue weighted by Gasteiger charge is 2.24. The number of benzene rings is 1. The molecule has 1 aliphatic carbocycles. The van der Waals surface area contributed by atoms with E-state index in [9.17, 15) is 14.3 Å². The number of H-pyrrole nitrogens is 2. The molecule has 3 rings (SSSR count). The lowest BCUT2D eigenvalue weighted by molar-refractivity contribution is 0.0950. The van der Waals surface area contributed by atoms with Crippen LogP contribution in [-0.4, -0.2) is 33.6 Å². The SMILES string of the molecule is O=C(NCCCC1CCCC1O)c1cc(F)cc2[nH]c(=S)[nH]c12. The molecule has 124 valence electrons. The lowest BCUT2D eigenvalue weighted by atomic mass is 10.00. The van der Waals surface area contributed by atoms with E-state index in [1.54, 1.807) is 0 Å². The van der Waals surface area contributed by atoms with Gasteiger partial charge < -0.3 is 20.4 Å². The number of imidazole rings is 1. The maximum atomic E-state index is 13.6. The van der Waals surface area contributed by atoms with E-state index in [1.165, 1.54) is 12.1 Å². The first-order chi connectivity index (χ1) is 11.0. The third-order valence-electron chi connectivity index (χ3n) is 4.49. The van der Waals surface area contributed by atoms with Gasteiger partial charge >= 0.3 is 0 Å². The molecule has 5 nitrogen and oxygen atoms in total. The Hall–Kier alpha value is -1.73. The first-order valence-electron chi connectivity index (χ1n) is 7.92. The molecule has 1 amide bonds. The summed E-state index contributed by atoms with van der Waals surface area (Å²) in [5.41, 5.74) is 1.24. The zero-order valence-electron chi connectivity index (χ0n) is 12.7. The van der Waals surface area contributed by atoms with Crippen LogP contribution in [0.4, 0.5) is 4.39 Å². The number of rotatable bonds is 5. The summed E-state index contributed by atoms with van der Waals surface area (Å²) in [4.78, 5) is 18.0. The average molecular weight is 337 g/mol. The van der Waals surface area contributed by atoms with Gasteiger partial charge in [0.25, 0.3) is 5.91 Å². The number of hydrogen-bond donors (Lipinski definition) is 4. The van der Waals surface area contributed by atoms with E-state index in [1.807, 2.05) is 0 Å². The second-order valence-electron chi connectivity index (χ2n) is 6.11. The number of halogens is 1. The van der Waals surface area contributed by atoms with Crippen LogP contribution >= 0.6 is 12.2 Å². The maximum absolute atomic E-state index is 13.6. The fourth-order valence-corrected chi connectivity index (χ4v) is 3.51. The van der Waals surface area contributed by atoms with Crippen LogP contribution in [0.1, 0.15) is 42.5 Å². The van der Waals surface area contributed by atoms with Crippen molar-refractivity contribution in [2.45, 2.75) is 38.2 Å². The predicted octanol–water partition coefficient (Wildman–Crippen LogP) is 3.04.